The van der Waals surface area contributed by atoms with E-state index in [4.69, 9.17) is 14.5 Å². The number of carbonyl (C=O) groups excluding carboxylic acids is 1. The highest BCUT2D eigenvalue weighted by Gasteiger charge is 2.26. The topological polar surface area (TPSA) is 63.2 Å². The summed E-state index contributed by atoms with van der Waals surface area (Å²) in [5.41, 5.74) is 1.21. The van der Waals surface area contributed by atoms with Gasteiger partial charge in [-0.15, -0.1) is 0 Å². The smallest absolute Gasteiger partial charge is 0.308 e. The highest BCUT2D eigenvalue weighted by molar-refractivity contribution is 5.80. The molecule has 0 atom stereocenters. The quantitative estimate of drug-likeness (QED) is 0.311. The molecule has 1 aliphatic heterocycles. The minimum Gasteiger partial charge on any atom is -0.469 e. The summed E-state index contributed by atoms with van der Waals surface area (Å²) in [5.74, 6) is 0.883. The van der Waals surface area contributed by atoms with Crippen molar-refractivity contribution in [2.75, 3.05) is 39.9 Å². The molecule has 1 aliphatic rings. The second-order valence-corrected chi connectivity index (χ2v) is 6.77. The lowest BCUT2D eigenvalue weighted by atomic mass is 9.97. The van der Waals surface area contributed by atoms with Gasteiger partial charge in [0.05, 0.1) is 19.6 Å². The molecule has 2 rings (SSSR count). The predicted octanol–water partition coefficient (Wildman–Crippen LogP) is 2.83. The molecule has 6 heteroatoms. The van der Waals surface area contributed by atoms with E-state index < -0.39 is 0 Å². The van der Waals surface area contributed by atoms with E-state index >= 15 is 0 Å². The minimum absolute atomic E-state index is 0.0240. The maximum atomic E-state index is 11.7. The van der Waals surface area contributed by atoms with Crippen LogP contribution in [-0.4, -0.2) is 56.7 Å². The zero-order valence-corrected chi connectivity index (χ0v) is 16.7. The molecule has 0 bridgehead atoms. The van der Waals surface area contributed by atoms with Gasteiger partial charge in [-0.25, -0.2) is 0 Å². The Morgan fingerprint density at radius 2 is 1.96 bits per heavy atom. The van der Waals surface area contributed by atoms with Gasteiger partial charge >= 0.3 is 5.97 Å². The fourth-order valence-electron chi connectivity index (χ4n) is 3.18. The average Bonchev–Trinajstić information content (AvgIpc) is 2.72. The summed E-state index contributed by atoms with van der Waals surface area (Å²) in [7, 11) is 1.46. The Morgan fingerprint density at radius 1 is 1.22 bits per heavy atom. The van der Waals surface area contributed by atoms with Gasteiger partial charge in [0.25, 0.3) is 0 Å². The second-order valence-electron chi connectivity index (χ2n) is 6.77. The van der Waals surface area contributed by atoms with Crippen LogP contribution >= 0.6 is 0 Å². The largest absolute Gasteiger partial charge is 0.469 e. The number of hydrogen-bond acceptors (Lipinski definition) is 4. The van der Waals surface area contributed by atoms with Crippen molar-refractivity contribution in [3.8, 4) is 0 Å². The van der Waals surface area contributed by atoms with Crippen LogP contribution in [0.25, 0.3) is 0 Å². The number of esters is 1. The zero-order valence-electron chi connectivity index (χ0n) is 16.7. The highest BCUT2D eigenvalue weighted by Crippen LogP contribution is 2.18. The summed E-state index contributed by atoms with van der Waals surface area (Å²) in [6.45, 7) is 6.81. The van der Waals surface area contributed by atoms with E-state index in [0.717, 1.165) is 64.4 Å². The second kappa shape index (κ2) is 12.3. The van der Waals surface area contributed by atoms with E-state index in [1.807, 2.05) is 18.2 Å². The van der Waals surface area contributed by atoms with Crippen molar-refractivity contribution in [3.63, 3.8) is 0 Å². The van der Waals surface area contributed by atoms with Gasteiger partial charge in [0.2, 0.25) is 0 Å². The Hall–Kier alpha value is -2.08. The number of guanidine groups is 1. The number of nitrogens with one attached hydrogen (secondary N) is 1. The number of benzene rings is 1. The first-order chi connectivity index (χ1) is 13.2. The van der Waals surface area contributed by atoms with Crippen LogP contribution in [0.15, 0.2) is 35.3 Å². The monoisotopic (exact) mass is 375 g/mol. The Kier molecular flexibility index (Phi) is 9.69. The molecule has 0 saturated carbocycles. The third-order valence-corrected chi connectivity index (χ3v) is 4.73. The zero-order chi connectivity index (χ0) is 19.3. The van der Waals surface area contributed by atoms with Crippen molar-refractivity contribution in [2.45, 2.75) is 39.2 Å². The van der Waals surface area contributed by atoms with E-state index in [-0.39, 0.29) is 11.9 Å². The first-order valence-electron chi connectivity index (χ1n) is 9.97. The van der Waals surface area contributed by atoms with E-state index in [1.54, 1.807) is 0 Å². The van der Waals surface area contributed by atoms with Crippen LogP contribution in [0, 0.1) is 5.92 Å². The van der Waals surface area contributed by atoms with Crippen LogP contribution in [-0.2, 0) is 20.9 Å². The molecule has 1 N–H and O–H groups in total. The number of carbonyl (C=O) groups is 1. The molecular formula is C21H33N3O3. The van der Waals surface area contributed by atoms with Crippen molar-refractivity contribution in [1.29, 1.82) is 0 Å². The summed E-state index contributed by atoms with van der Waals surface area (Å²) >= 11 is 0. The first-order valence-corrected chi connectivity index (χ1v) is 9.97. The Bertz CT molecular complexity index is 569. The Balaban J connectivity index is 1.65. The summed E-state index contributed by atoms with van der Waals surface area (Å²) in [6, 6.07) is 10.2. The number of unbranched alkanes of at least 4 members (excludes halogenated alkanes) is 1. The molecule has 0 amide bonds. The maximum absolute atomic E-state index is 11.7. The van der Waals surface area contributed by atoms with E-state index in [0.29, 0.717) is 6.61 Å². The van der Waals surface area contributed by atoms with Crippen LogP contribution in [0.4, 0.5) is 0 Å². The maximum Gasteiger partial charge on any atom is 0.308 e. The van der Waals surface area contributed by atoms with Crippen molar-refractivity contribution >= 4 is 11.9 Å². The summed E-state index contributed by atoms with van der Waals surface area (Å²) in [5, 5.41) is 3.36. The molecule has 1 heterocycles. The van der Waals surface area contributed by atoms with Gasteiger partial charge in [-0.3, -0.25) is 9.79 Å². The first kappa shape index (κ1) is 21.2. The Morgan fingerprint density at radius 3 is 2.63 bits per heavy atom. The van der Waals surface area contributed by atoms with Gasteiger partial charge in [0.1, 0.15) is 0 Å². The number of piperidine rings is 1. The number of ether oxygens (including phenoxy) is 2. The molecule has 150 valence electrons. The number of nitrogens with zero attached hydrogens (tertiary/aromatic N) is 2. The van der Waals surface area contributed by atoms with Crippen molar-refractivity contribution in [2.24, 2.45) is 10.9 Å². The van der Waals surface area contributed by atoms with Crippen LogP contribution in [0.1, 0.15) is 38.2 Å². The molecule has 0 spiro atoms. The molecule has 0 aromatic heterocycles. The molecular weight excluding hydrogens is 342 g/mol. The molecule has 1 aromatic rings. The van der Waals surface area contributed by atoms with Gasteiger partial charge < -0.3 is 19.7 Å². The lowest BCUT2D eigenvalue weighted by Gasteiger charge is -2.33. The van der Waals surface area contributed by atoms with Gasteiger partial charge in [-0.2, -0.15) is 0 Å². The number of likely N-dealkylation sites (tertiary alicyclic amines) is 1. The van der Waals surface area contributed by atoms with Gasteiger partial charge in [0, 0.05) is 32.8 Å². The van der Waals surface area contributed by atoms with Gasteiger partial charge in [0.15, 0.2) is 5.96 Å². The molecule has 1 aromatic carbocycles. The van der Waals surface area contributed by atoms with E-state index in [9.17, 15) is 4.79 Å². The van der Waals surface area contributed by atoms with E-state index in [1.165, 1.54) is 12.7 Å². The van der Waals surface area contributed by atoms with Crippen molar-refractivity contribution in [3.05, 3.63) is 35.9 Å². The molecule has 1 fully saturated rings. The summed E-state index contributed by atoms with van der Waals surface area (Å²) in [6.07, 6.45) is 3.65. The minimum atomic E-state index is -0.0907. The van der Waals surface area contributed by atoms with Crippen LogP contribution in [0.2, 0.25) is 0 Å². The Labute approximate surface area is 162 Å². The number of aliphatic imine (C=N–C) groups is 1. The van der Waals surface area contributed by atoms with E-state index in [2.05, 4.69) is 29.3 Å². The van der Waals surface area contributed by atoms with Gasteiger partial charge in [-0.05, 0) is 38.2 Å². The molecule has 0 aliphatic carbocycles. The predicted molar refractivity (Wildman–Crippen MR) is 108 cm³/mol. The van der Waals surface area contributed by atoms with Gasteiger partial charge in [-0.1, -0.05) is 30.3 Å². The van der Waals surface area contributed by atoms with Crippen LogP contribution in [0.3, 0.4) is 0 Å². The number of rotatable bonds is 9. The fraction of sp³-hybridized carbons (Fsp3) is 0.619. The van der Waals surface area contributed by atoms with Crippen LogP contribution in [0.5, 0.6) is 0 Å². The van der Waals surface area contributed by atoms with Crippen LogP contribution < -0.4 is 5.32 Å². The normalized spacial score (nSPS) is 15.6. The molecule has 0 radical (unpaired) electrons. The SMILES string of the molecule is CCNC(=NCCCCOCc1ccccc1)N1CCC(C(=O)OC)CC1. The van der Waals surface area contributed by atoms with Crippen molar-refractivity contribution in [1.82, 2.24) is 10.2 Å². The molecule has 27 heavy (non-hydrogen) atoms. The molecule has 1 saturated heterocycles. The lowest BCUT2D eigenvalue weighted by molar-refractivity contribution is -0.146. The van der Waals surface area contributed by atoms with Crippen molar-refractivity contribution < 1.29 is 14.3 Å². The molecule has 6 nitrogen and oxygen atoms in total. The number of hydrogen-bond donors (Lipinski definition) is 1. The lowest BCUT2D eigenvalue weighted by Crippen LogP contribution is -2.46. The number of methoxy groups -OCH3 is 1. The highest BCUT2D eigenvalue weighted by atomic mass is 16.5. The standard InChI is InChI=1S/C21H33N3O3/c1-3-22-21(24-14-11-19(12-15-24)20(25)26-2)23-13-7-8-16-27-17-18-9-5-4-6-10-18/h4-6,9-10,19H,3,7-8,11-17H2,1-2H3,(H,22,23). The third-order valence-electron chi connectivity index (χ3n) is 4.73. The average molecular weight is 376 g/mol. The summed E-state index contributed by atoms with van der Waals surface area (Å²) in [4.78, 5) is 18.6. The molecule has 0 unspecified atom stereocenters. The summed E-state index contributed by atoms with van der Waals surface area (Å²) < 4.78 is 10.6. The third kappa shape index (κ3) is 7.59. The fourth-order valence-corrected chi connectivity index (χ4v) is 3.18.